The quantitative estimate of drug-likeness (QED) is 0.512. The molecule has 1 amide bonds. The smallest absolute Gasteiger partial charge is 0.241 e. The highest BCUT2D eigenvalue weighted by atomic mass is 32.2. The normalized spacial score (nSPS) is 12.2. The molecule has 6 nitrogen and oxygen atoms in total. The Morgan fingerprint density at radius 1 is 0.969 bits per heavy atom. The summed E-state index contributed by atoms with van der Waals surface area (Å²) in [5.41, 5.74) is 2.66. The molecule has 0 spiro atoms. The van der Waals surface area contributed by atoms with Crippen LogP contribution >= 0.6 is 0 Å². The zero-order chi connectivity index (χ0) is 23.1. The number of rotatable bonds is 9. The first kappa shape index (κ1) is 23.4. The summed E-state index contributed by atoms with van der Waals surface area (Å²) in [6.07, 6.45) is -0.112. The molecule has 0 bridgehead atoms. The zero-order valence-electron chi connectivity index (χ0n) is 17.8. The molecular formula is C24H25FN2O4S. The Morgan fingerprint density at radius 3 is 2.19 bits per heavy atom. The predicted octanol–water partition coefficient (Wildman–Crippen LogP) is 3.87. The number of halogens is 1. The van der Waals surface area contributed by atoms with Gasteiger partial charge in [-0.15, -0.1) is 0 Å². The highest BCUT2D eigenvalue weighted by Gasteiger charge is 2.24. The third kappa shape index (κ3) is 6.38. The largest absolute Gasteiger partial charge is 0.497 e. The lowest BCUT2D eigenvalue weighted by molar-refractivity contribution is -0.121. The number of carbonyl (C=O) groups is 1. The molecule has 0 saturated carbocycles. The summed E-state index contributed by atoms with van der Waals surface area (Å²) >= 11 is 0. The van der Waals surface area contributed by atoms with E-state index in [1.54, 1.807) is 24.3 Å². The van der Waals surface area contributed by atoms with Crippen molar-refractivity contribution in [1.82, 2.24) is 10.0 Å². The number of methoxy groups -OCH3 is 1. The first-order chi connectivity index (χ1) is 15.3. The van der Waals surface area contributed by atoms with Crippen molar-refractivity contribution in [2.45, 2.75) is 30.8 Å². The number of nitrogens with one attached hydrogen (secondary N) is 2. The van der Waals surface area contributed by atoms with Crippen molar-refractivity contribution < 1.29 is 22.3 Å². The molecule has 1 atom stereocenters. The zero-order valence-corrected chi connectivity index (χ0v) is 18.7. The molecule has 8 heteroatoms. The van der Waals surface area contributed by atoms with Crippen LogP contribution in [-0.4, -0.2) is 21.4 Å². The minimum atomic E-state index is -3.99. The number of sulfonamides is 1. The van der Waals surface area contributed by atoms with Gasteiger partial charge in [-0.05, 0) is 54.4 Å². The molecule has 32 heavy (non-hydrogen) atoms. The Kier molecular flexibility index (Phi) is 7.61. The fraction of sp³-hybridized carbons (Fsp3) is 0.208. The van der Waals surface area contributed by atoms with Crippen LogP contribution in [0.15, 0.2) is 77.7 Å². The molecule has 0 heterocycles. The second kappa shape index (κ2) is 10.4. The van der Waals surface area contributed by atoms with Crippen LogP contribution in [-0.2, 0) is 21.4 Å². The fourth-order valence-electron chi connectivity index (χ4n) is 3.10. The van der Waals surface area contributed by atoms with Crippen LogP contribution in [0.1, 0.15) is 29.2 Å². The number of hydrogen-bond donors (Lipinski definition) is 2. The molecule has 0 saturated heterocycles. The minimum absolute atomic E-state index is 0.0857. The van der Waals surface area contributed by atoms with Gasteiger partial charge in [0.25, 0.3) is 0 Å². The summed E-state index contributed by atoms with van der Waals surface area (Å²) in [7, 11) is -2.46. The number of hydrogen-bond acceptors (Lipinski definition) is 4. The molecule has 0 radical (unpaired) electrons. The van der Waals surface area contributed by atoms with Gasteiger partial charge in [0.15, 0.2) is 0 Å². The average Bonchev–Trinajstić information content (AvgIpc) is 2.78. The van der Waals surface area contributed by atoms with Crippen LogP contribution in [0.4, 0.5) is 4.39 Å². The van der Waals surface area contributed by atoms with Crippen molar-refractivity contribution in [3.63, 3.8) is 0 Å². The van der Waals surface area contributed by atoms with Crippen LogP contribution in [0.25, 0.3) is 0 Å². The maximum absolute atomic E-state index is 13.2. The maximum Gasteiger partial charge on any atom is 0.241 e. The van der Waals surface area contributed by atoms with Gasteiger partial charge < -0.3 is 10.1 Å². The van der Waals surface area contributed by atoms with Crippen molar-refractivity contribution in [2.24, 2.45) is 0 Å². The number of benzene rings is 3. The summed E-state index contributed by atoms with van der Waals surface area (Å²) in [4.78, 5) is 12.6. The van der Waals surface area contributed by atoms with Crippen molar-refractivity contribution in [2.75, 3.05) is 7.11 Å². The summed E-state index contributed by atoms with van der Waals surface area (Å²) in [6.45, 7) is 2.31. The van der Waals surface area contributed by atoms with E-state index in [9.17, 15) is 17.6 Å². The standard InChI is InChI=1S/C24H25FN2O4S/c1-17-3-5-18(6-4-17)16-26-24(28)15-23(19-7-11-21(31-2)12-8-19)27-32(29,30)22-13-9-20(25)10-14-22/h3-14,23,27H,15-16H2,1-2H3,(H,26,28). The van der Waals surface area contributed by atoms with Crippen molar-refractivity contribution in [3.8, 4) is 5.75 Å². The number of amides is 1. The van der Waals surface area contributed by atoms with Gasteiger partial charge in [-0.3, -0.25) is 4.79 Å². The predicted molar refractivity (Wildman–Crippen MR) is 120 cm³/mol. The molecule has 3 aromatic rings. The van der Waals surface area contributed by atoms with Gasteiger partial charge in [0.05, 0.1) is 18.0 Å². The van der Waals surface area contributed by atoms with E-state index < -0.39 is 21.9 Å². The van der Waals surface area contributed by atoms with E-state index in [2.05, 4.69) is 10.0 Å². The second-order valence-corrected chi connectivity index (χ2v) is 9.08. The van der Waals surface area contributed by atoms with E-state index in [-0.39, 0.29) is 17.2 Å². The van der Waals surface area contributed by atoms with Crippen LogP contribution < -0.4 is 14.8 Å². The van der Waals surface area contributed by atoms with E-state index in [0.717, 1.165) is 23.3 Å². The van der Waals surface area contributed by atoms with Crippen LogP contribution in [0.3, 0.4) is 0 Å². The number of carbonyl (C=O) groups excluding carboxylic acids is 1. The fourth-order valence-corrected chi connectivity index (χ4v) is 4.32. The third-order valence-corrected chi connectivity index (χ3v) is 6.43. The van der Waals surface area contributed by atoms with Gasteiger partial charge in [0.2, 0.25) is 15.9 Å². The molecule has 3 rings (SSSR count). The number of ether oxygens (including phenoxy) is 1. The SMILES string of the molecule is COc1ccc(C(CC(=O)NCc2ccc(C)cc2)NS(=O)(=O)c2ccc(F)cc2)cc1. The van der Waals surface area contributed by atoms with Gasteiger partial charge in [-0.1, -0.05) is 42.0 Å². The maximum atomic E-state index is 13.2. The molecule has 2 N–H and O–H groups in total. The summed E-state index contributed by atoms with van der Waals surface area (Å²) in [6, 6.07) is 18.2. The Morgan fingerprint density at radius 2 is 1.59 bits per heavy atom. The van der Waals surface area contributed by atoms with Gasteiger partial charge in [0.1, 0.15) is 11.6 Å². The first-order valence-electron chi connectivity index (χ1n) is 10.0. The van der Waals surface area contributed by atoms with Gasteiger partial charge in [0, 0.05) is 13.0 Å². The van der Waals surface area contributed by atoms with E-state index in [1.807, 2.05) is 31.2 Å². The van der Waals surface area contributed by atoms with Crippen LogP contribution in [0, 0.1) is 12.7 Å². The van der Waals surface area contributed by atoms with E-state index in [4.69, 9.17) is 4.74 Å². The first-order valence-corrected chi connectivity index (χ1v) is 11.5. The molecule has 3 aromatic carbocycles. The van der Waals surface area contributed by atoms with Crippen LogP contribution in [0.5, 0.6) is 5.75 Å². The molecule has 0 aromatic heterocycles. The van der Waals surface area contributed by atoms with Gasteiger partial charge >= 0.3 is 0 Å². The second-order valence-electron chi connectivity index (χ2n) is 7.37. The van der Waals surface area contributed by atoms with Crippen LogP contribution in [0.2, 0.25) is 0 Å². The molecule has 0 fully saturated rings. The molecular weight excluding hydrogens is 431 g/mol. The lowest BCUT2D eigenvalue weighted by atomic mass is 10.0. The van der Waals surface area contributed by atoms with E-state index >= 15 is 0 Å². The van der Waals surface area contributed by atoms with E-state index in [0.29, 0.717) is 17.9 Å². The van der Waals surface area contributed by atoms with Gasteiger partial charge in [-0.25, -0.2) is 17.5 Å². The molecule has 0 aliphatic carbocycles. The van der Waals surface area contributed by atoms with Crippen molar-refractivity contribution in [1.29, 1.82) is 0 Å². The summed E-state index contributed by atoms with van der Waals surface area (Å²) in [5.74, 6) is -0.239. The number of aryl methyl sites for hydroxylation is 1. The highest BCUT2D eigenvalue weighted by molar-refractivity contribution is 7.89. The highest BCUT2D eigenvalue weighted by Crippen LogP contribution is 2.23. The van der Waals surface area contributed by atoms with Gasteiger partial charge in [-0.2, -0.15) is 0 Å². The Hall–Kier alpha value is -3.23. The monoisotopic (exact) mass is 456 g/mol. The van der Waals surface area contributed by atoms with Crippen molar-refractivity contribution in [3.05, 3.63) is 95.3 Å². The van der Waals surface area contributed by atoms with E-state index in [1.165, 1.54) is 19.2 Å². The minimum Gasteiger partial charge on any atom is -0.497 e. The van der Waals surface area contributed by atoms with Crippen molar-refractivity contribution >= 4 is 15.9 Å². The lowest BCUT2D eigenvalue weighted by Crippen LogP contribution is -2.33. The lowest BCUT2D eigenvalue weighted by Gasteiger charge is -2.19. The molecule has 1 unspecified atom stereocenters. The molecule has 0 aliphatic heterocycles. The Labute approximate surface area is 187 Å². The Bertz CT molecular complexity index is 1150. The summed E-state index contributed by atoms with van der Waals surface area (Å²) < 4.78 is 46.6. The molecule has 0 aliphatic rings. The average molecular weight is 457 g/mol. The third-order valence-electron chi connectivity index (χ3n) is 4.94. The Balaban J connectivity index is 1.77. The summed E-state index contributed by atoms with van der Waals surface area (Å²) in [5, 5.41) is 2.83. The molecule has 168 valence electrons. The topological polar surface area (TPSA) is 84.5 Å².